The molecule has 0 unspecified atom stereocenters. The Hall–Kier alpha value is -1.76. The van der Waals surface area contributed by atoms with Crippen molar-refractivity contribution in [2.75, 3.05) is 6.61 Å². The predicted molar refractivity (Wildman–Crippen MR) is 179 cm³/mol. The van der Waals surface area contributed by atoms with E-state index in [-0.39, 0.29) is 30.0 Å². The lowest BCUT2D eigenvalue weighted by Crippen LogP contribution is -2.68. The highest BCUT2D eigenvalue weighted by molar-refractivity contribution is 6.99. The lowest BCUT2D eigenvalue weighted by atomic mass is 10.0. The van der Waals surface area contributed by atoms with E-state index in [4.69, 9.17) is 14.3 Å². The second kappa shape index (κ2) is 18.1. The Balaban J connectivity index is 1.84. The molecule has 0 aliphatic carbocycles. The van der Waals surface area contributed by atoms with E-state index in [9.17, 15) is 5.11 Å². The number of unbranched alkanes of at least 4 members (excludes halogenated alkanes) is 7. The predicted octanol–water partition coefficient (Wildman–Crippen LogP) is 7.70. The number of allylic oxidation sites excluding steroid dienone is 1. The summed E-state index contributed by atoms with van der Waals surface area (Å²) < 4.78 is 14.3. The molecule has 0 saturated carbocycles. The third kappa shape index (κ3) is 9.88. The maximum Gasteiger partial charge on any atom is 0.261 e. The minimum Gasteiger partial charge on any atom is -0.402 e. The van der Waals surface area contributed by atoms with Crippen molar-refractivity contribution < 1.29 is 19.4 Å². The smallest absolute Gasteiger partial charge is 0.261 e. The molecule has 42 heavy (non-hydrogen) atoms. The van der Waals surface area contributed by atoms with Gasteiger partial charge in [-0.2, -0.15) is 0 Å². The van der Waals surface area contributed by atoms with Gasteiger partial charge in [-0.25, -0.2) is 0 Å². The highest BCUT2D eigenvalue weighted by atomic mass is 28.4. The van der Waals surface area contributed by atoms with Crippen molar-refractivity contribution in [3.63, 3.8) is 0 Å². The standard InChI is InChI=1S/C37H58O4Si/c1-5-6-7-8-9-10-11-20-27-36(35-29-28-34(40-35)33(39)26-19-14-21-30-38)41-42(37(2,3)4,31-22-15-12-16-23-31)32-24-17-13-18-25-32/h12-18,21-25,33-36,38-39H,5-11,19-20,26-30H2,1-4H3/b21-14+/t33-,34+,35-,36-/m1/s1. The molecule has 0 bridgehead atoms. The lowest BCUT2D eigenvalue weighted by Gasteiger charge is -2.46. The van der Waals surface area contributed by atoms with Crippen LogP contribution in [0.4, 0.5) is 0 Å². The maximum absolute atomic E-state index is 10.9. The second-order valence-electron chi connectivity index (χ2n) is 13.2. The fraction of sp³-hybridized carbons (Fsp3) is 0.622. The first-order valence-electron chi connectivity index (χ1n) is 16.7. The number of ether oxygens (including phenoxy) is 1. The summed E-state index contributed by atoms with van der Waals surface area (Å²) in [5, 5.41) is 22.5. The molecule has 3 rings (SSSR count). The number of hydrogen-bond acceptors (Lipinski definition) is 4. The Morgan fingerprint density at radius 2 is 1.36 bits per heavy atom. The van der Waals surface area contributed by atoms with Crippen LogP contribution in [-0.4, -0.2) is 49.6 Å². The molecular weight excluding hydrogens is 536 g/mol. The van der Waals surface area contributed by atoms with Gasteiger partial charge in [-0.15, -0.1) is 0 Å². The Morgan fingerprint density at radius 3 is 1.90 bits per heavy atom. The van der Waals surface area contributed by atoms with Crippen molar-refractivity contribution in [2.24, 2.45) is 0 Å². The van der Waals surface area contributed by atoms with Crippen molar-refractivity contribution in [2.45, 2.75) is 141 Å². The van der Waals surface area contributed by atoms with Crippen molar-refractivity contribution in [3.05, 3.63) is 72.8 Å². The molecule has 4 atom stereocenters. The summed E-state index contributed by atoms with van der Waals surface area (Å²) in [4.78, 5) is 0. The molecule has 1 saturated heterocycles. The van der Waals surface area contributed by atoms with Crippen molar-refractivity contribution >= 4 is 18.7 Å². The number of aliphatic hydroxyl groups excluding tert-OH is 2. The van der Waals surface area contributed by atoms with Crippen molar-refractivity contribution in [1.29, 1.82) is 0 Å². The summed E-state index contributed by atoms with van der Waals surface area (Å²) in [6.45, 7) is 9.34. The highest BCUT2D eigenvalue weighted by Crippen LogP contribution is 2.40. The van der Waals surface area contributed by atoms with E-state index in [0.717, 1.165) is 32.1 Å². The molecular formula is C37H58O4Si. The SMILES string of the molecule is CCCCCCCCCC[C@@H](O[Si](c1ccccc1)(c1ccccc1)C(C)(C)C)[C@H]1CC[C@@H]([C@H](O)CC/C=C/CO)O1. The van der Waals surface area contributed by atoms with Crippen LogP contribution in [0.3, 0.4) is 0 Å². The minimum atomic E-state index is -2.72. The van der Waals surface area contributed by atoms with Crippen LogP contribution in [0.5, 0.6) is 0 Å². The largest absolute Gasteiger partial charge is 0.402 e. The highest BCUT2D eigenvalue weighted by Gasteiger charge is 2.52. The van der Waals surface area contributed by atoms with Crippen LogP contribution in [-0.2, 0) is 9.16 Å². The second-order valence-corrected chi connectivity index (χ2v) is 17.4. The van der Waals surface area contributed by atoms with Crippen molar-refractivity contribution in [3.8, 4) is 0 Å². The van der Waals surface area contributed by atoms with Crippen LogP contribution in [0.1, 0.15) is 111 Å². The van der Waals surface area contributed by atoms with Gasteiger partial charge in [-0.1, -0.05) is 152 Å². The van der Waals surface area contributed by atoms with Gasteiger partial charge in [-0.05, 0) is 47.5 Å². The monoisotopic (exact) mass is 594 g/mol. The summed E-state index contributed by atoms with van der Waals surface area (Å²) in [6, 6.07) is 21.8. The Kier molecular flexibility index (Phi) is 15.0. The van der Waals surface area contributed by atoms with Gasteiger partial charge in [0.1, 0.15) is 0 Å². The van der Waals surface area contributed by atoms with Gasteiger partial charge in [0.25, 0.3) is 8.32 Å². The minimum absolute atomic E-state index is 0.0242. The van der Waals surface area contributed by atoms with Gasteiger partial charge in [0, 0.05) is 0 Å². The third-order valence-electron chi connectivity index (χ3n) is 8.92. The molecule has 234 valence electrons. The topological polar surface area (TPSA) is 58.9 Å². The molecule has 0 radical (unpaired) electrons. The molecule has 4 nitrogen and oxygen atoms in total. The van der Waals surface area contributed by atoms with Gasteiger partial charge in [-0.3, -0.25) is 0 Å². The quantitative estimate of drug-likeness (QED) is 0.0994. The fourth-order valence-electron chi connectivity index (χ4n) is 6.61. The zero-order valence-electron chi connectivity index (χ0n) is 26.8. The molecule has 1 heterocycles. The number of benzene rings is 2. The summed E-state index contributed by atoms with van der Waals surface area (Å²) in [5.74, 6) is 0. The summed E-state index contributed by atoms with van der Waals surface area (Å²) in [7, 11) is -2.72. The molecule has 1 aliphatic rings. The third-order valence-corrected chi connectivity index (χ3v) is 14.0. The first-order chi connectivity index (χ1) is 20.3. The first kappa shape index (κ1) is 34.7. The summed E-state index contributed by atoms with van der Waals surface area (Å²) in [5.41, 5.74) is 0. The van der Waals surface area contributed by atoms with E-state index >= 15 is 0 Å². The van der Waals surface area contributed by atoms with Crippen LogP contribution < -0.4 is 10.4 Å². The summed E-state index contributed by atoms with van der Waals surface area (Å²) in [6.07, 6.45) is 17.4. The Morgan fingerprint density at radius 1 is 0.810 bits per heavy atom. The number of hydrogen-bond donors (Lipinski definition) is 2. The van der Waals surface area contributed by atoms with Gasteiger partial charge in [0.05, 0.1) is 31.0 Å². The molecule has 0 aromatic heterocycles. The average Bonchev–Trinajstić information content (AvgIpc) is 3.49. The molecule has 0 amide bonds. The lowest BCUT2D eigenvalue weighted by molar-refractivity contribution is -0.0737. The first-order valence-corrected chi connectivity index (χ1v) is 18.6. The van der Waals surface area contributed by atoms with E-state index in [0.29, 0.717) is 6.42 Å². The molecule has 1 aliphatic heterocycles. The zero-order chi connectivity index (χ0) is 30.3. The zero-order valence-corrected chi connectivity index (χ0v) is 27.8. The van der Waals surface area contributed by atoms with Gasteiger partial charge in [0.15, 0.2) is 0 Å². The molecule has 5 heteroatoms. The van der Waals surface area contributed by atoms with Crippen LogP contribution >= 0.6 is 0 Å². The molecule has 2 N–H and O–H groups in total. The number of aliphatic hydroxyl groups is 2. The van der Waals surface area contributed by atoms with Gasteiger partial charge >= 0.3 is 0 Å². The van der Waals surface area contributed by atoms with Gasteiger partial charge < -0.3 is 19.4 Å². The average molecular weight is 595 g/mol. The van der Waals surface area contributed by atoms with E-state index in [1.165, 1.54) is 55.3 Å². The Bertz CT molecular complexity index is 964. The molecule has 2 aromatic rings. The molecule has 0 spiro atoms. The van der Waals surface area contributed by atoms with E-state index in [1.54, 1.807) is 6.08 Å². The van der Waals surface area contributed by atoms with Crippen LogP contribution in [0.2, 0.25) is 5.04 Å². The Labute approximate surface area is 257 Å². The maximum atomic E-state index is 10.9. The summed E-state index contributed by atoms with van der Waals surface area (Å²) >= 11 is 0. The molecule has 1 fully saturated rings. The van der Waals surface area contributed by atoms with E-state index in [1.807, 2.05) is 6.08 Å². The number of rotatable bonds is 19. The fourth-order valence-corrected chi connectivity index (χ4v) is 11.3. The van der Waals surface area contributed by atoms with E-state index < -0.39 is 14.4 Å². The van der Waals surface area contributed by atoms with Crippen LogP contribution in [0.15, 0.2) is 72.8 Å². The van der Waals surface area contributed by atoms with Crippen LogP contribution in [0, 0.1) is 0 Å². The van der Waals surface area contributed by atoms with Crippen molar-refractivity contribution in [1.82, 2.24) is 0 Å². The normalized spacial score (nSPS) is 19.4. The van der Waals surface area contributed by atoms with E-state index in [2.05, 4.69) is 88.4 Å². The molecule has 2 aromatic carbocycles. The van der Waals surface area contributed by atoms with Crippen LogP contribution in [0.25, 0.3) is 0 Å². The van der Waals surface area contributed by atoms with Gasteiger partial charge in [0.2, 0.25) is 0 Å².